The molecule has 0 aromatic heterocycles. The molecule has 3 nitrogen and oxygen atoms in total. The van der Waals surface area contributed by atoms with E-state index in [4.69, 9.17) is 33.7 Å². The van der Waals surface area contributed by atoms with Crippen molar-refractivity contribution in [2.45, 2.75) is 25.3 Å². The van der Waals surface area contributed by atoms with Crippen molar-refractivity contribution in [3.05, 3.63) is 69.2 Å². The molecule has 2 N–H and O–H groups in total. The molecular formula is C19H20Cl2N2O. The van der Waals surface area contributed by atoms with Gasteiger partial charge in [0, 0.05) is 10.0 Å². The van der Waals surface area contributed by atoms with Gasteiger partial charge in [-0.15, -0.1) is 0 Å². The fourth-order valence-corrected chi connectivity index (χ4v) is 3.45. The third-order valence-corrected chi connectivity index (χ3v) is 4.86. The maximum absolute atomic E-state index is 6.25. The van der Waals surface area contributed by atoms with Gasteiger partial charge in [0.15, 0.2) is 0 Å². The summed E-state index contributed by atoms with van der Waals surface area (Å²) in [6, 6.07) is 14.1. The highest BCUT2D eigenvalue weighted by Crippen LogP contribution is 2.29. The number of hydrogen-bond donors (Lipinski definition) is 1. The first-order chi connectivity index (χ1) is 11.5. The minimum absolute atomic E-state index is 0.407. The Morgan fingerprint density at radius 3 is 2.75 bits per heavy atom. The van der Waals surface area contributed by atoms with Crippen LogP contribution in [0.2, 0.25) is 10.0 Å². The van der Waals surface area contributed by atoms with Crippen molar-refractivity contribution in [3.63, 3.8) is 0 Å². The molecule has 1 unspecified atom stereocenters. The second-order valence-electron chi connectivity index (χ2n) is 6.31. The molecule has 0 aliphatic carbocycles. The zero-order chi connectivity index (χ0) is 17.2. The molecule has 1 atom stereocenters. The van der Waals surface area contributed by atoms with Crippen LogP contribution in [-0.2, 0) is 23.1 Å². The van der Waals surface area contributed by atoms with Crippen LogP contribution in [0.1, 0.15) is 23.6 Å². The largest absolute Gasteiger partial charge is 0.386 e. The molecule has 5 heteroatoms. The molecule has 0 saturated carbocycles. The fourth-order valence-electron chi connectivity index (χ4n) is 2.95. The summed E-state index contributed by atoms with van der Waals surface area (Å²) in [4.78, 5) is 4.60. The standard InChI is InChI=1S/C19H20Cl2N2O/c1-19(12-24-11-18(22)23-19)15-4-2-3-13(9-15)5-6-14-7-8-16(20)10-17(14)21/h2-4,7-10H,5-6,11-12H2,1H3,(H2,22,23). The van der Waals surface area contributed by atoms with Gasteiger partial charge in [-0.1, -0.05) is 53.5 Å². The second kappa shape index (κ2) is 7.14. The second-order valence-corrected chi connectivity index (χ2v) is 7.15. The van der Waals surface area contributed by atoms with Crippen molar-refractivity contribution in [1.82, 2.24) is 0 Å². The smallest absolute Gasteiger partial charge is 0.121 e. The molecule has 0 spiro atoms. The summed E-state index contributed by atoms with van der Waals surface area (Å²) < 4.78 is 5.56. The van der Waals surface area contributed by atoms with E-state index in [1.807, 2.05) is 19.1 Å². The van der Waals surface area contributed by atoms with Crippen molar-refractivity contribution in [1.29, 1.82) is 0 Å². The normalized spacial score (nSPS) is 20.7. The van der Waals surface area contributed by atoms with E-state index in [2.05, 4.69) is 29.3 Å². The molecule has 2 aromatic carbocycles. The van der Waals surface area contributed by atoms with Crippen LogP contribution in [0.3, 0.4) is 0 Å². The Labute approximate surface area is 152 Å². The molecule has 24 heavy (non-hydrogen) atoms. The molecule has 0 saturated heterocycles. The highest BCUT2D eigenvalue weighted by molar-refractivity contribution is 6.35. The third kappa shape index (κ3) is 3.92. The summed E-state index contributed by atoms with van der Waals surface area (Å²) in [5, 5.41) is 1.37. The SMILES string of the molecule is CC1(c2cccc(CCc3ccc(Cl)cc3Cl)c2)COCC(N)=N1. The molecular weight excluding hydrogens is 343 g/mol. The molecule has 1 aliphatic heterocycles. The van der Waals surface area contributed by atoms with E-state index in [-0.39, 0.29) is 0 Å². The molecule has 0 amide bonds. The number of ether oxygens (including phenoxy) is 1. The maximum Gasteiger partial charge on any atom is 0.121 e. The van der Waals surface area contributed by atoms with Crippen LogP contribution in [0.5, 0.6) is 0 Å². The Kier molecular flexibility index (Phi) is 5.14. The number of halogens is 2. The van der Waals surface area contributed by atoms with Crippen molar-refractivity contribution < 1.29 is 4.74 Å². The van der Waals surface area contributed by atoms with Gasteiger partial charge in [-0.05, 0) is 48.6 Å². The molecule has 126 valence electrons. The van der Waals surface area contributed by atoms with E-state index in [1.54, 1.807) is 6.07 Å². The molecule has 0 fully saturated rings. The van der Waals surface area contributed by atoms with Gasteiger partial charge in [-0.2, -0.15) is 0 Å². The summed E-state index contributed by atoms with van der Waals surface area (Å²) in [6.45, 7) is 3.00. The predicted molar refractivity (Wildman–Crippen MR) is 100 cm³/mol. The zero-order valence-corrected chi connectivity index (χ0v) is 15.1. The Morgan fingerprint density at radius 1 is 1.17 bits per heavy atom. The van der Waals surface area contributed by atoms with Crippen molar-refractivity contribution >= 4 is 29.0 Å². The van der Waals surface area contributed by atoms with Crippen molar-refractivity contribution in [2.75, 3.05) is 13.2 Å². The molecule has 0 bridgehead atoms. The average molecular weight is 363 g/mol. The number of amidine groups is 1. The highest BCUT2D eigenvalue weighted by atomic mass is 35.5. The quantitative estimate of drug-likeness (QED) is 0.876. The number of aryl methyl sites for hydroxylation is 2. The van der Waals surface area contributed by atoms with Gasteiger partial charge in [0.2, 0.25) is 0 Å². The molecule has 1 heterocycles. The zero-order valence-electron chi connectivity index (χ0n) is 13.6. The topological polar surface area (TPSA) is 47.6 Å². The summed E-state index contributed by atoms with van der Waals surface area (Å²) in [5.74, 6) is 0.544. The number of rotatable bonds is 4. The van der Waals surface area contributed by atoms with Crippen molar-refractivity contribution in [2.24, 2.45) is 10.7 Å². The minimum atomic E-state index is -0.420. The number of benzene rings is 2. The van der Waals surface area contributed by atoms with E-state index in [9.17, 15) is 0 Å². The molecule has 2 aromatic rings. The fraction of sp³-hybridized carbons (Fsp3) is 0.316. The van der Waals surface area contributed by atoms with E-state index >= 15 is 0 Å². The van der Waals surface area contributed by atoms with Gasteiger partial charge in [-0.3, -0.25) is 4.99 Å². The summed E-state index contributed by atoms with van der Waals surface area (Å²) >= 11 is 12.2. The summed E-state index contributed by atoms with van der Waals surface area (Å²) in [7, 11) is 0. The van der Waals surface area contributed by atoms with E-state index in [0.717, 1.165) is 24.0 Å². The Balaban J connectivity index is 1.77. The first-order valence-corrected chi connectivity index (χ1v) is 8.67. The number of hydrogen-bond acceptors (Lipinski definition) is 3. The van der Waals surface area contributed by atoms with Gasteiger partial charge >= 0.3 is 0 Å². The van der Waals surface area contributed by atoms with Gasteiger partial charge < -0.3 is 10.5 Å². The number of nitrogens with zero attached hydrogens (tertiary/aromatic N) is 1. The van der Waals surface area contributed by atoms with Crippen LogP contribution in [0.15, 0.2) is 47.5 Å². The van der Waals surface area contributed by atoms with Gasteiger partial charge in [0.25, 0.3) is 0 Å². The lowest BCUT2D eigenvalue weighted by Crippen LogP contribution is -2.37. The molecule has 1 aliphatic rings. The summed E-state index contributed by atoms with van der Waals surface area (Å²) in [5.41, 5.74) is 8.88. The van der Waals surface area contributed by atoms with Crippen LogP contribution >= 0.6 is 23.2 Å². The Bertz CT molecular complexity index is 776. The Morgan fingerprint density at radius 2 is 2.00 bits per heavy atom. The lowest BCUT2D eigenvalue weighted by Gasteiger charge is -2.30. The number of nitrogens with two attached hydrogens (primary N) is 1. The first kappa shape index (κ1) is 17.3. The predicted octanol–water partition coefficient (Wildman–Crippen LogP) is 4.38. The maximum atomic E-state index is 6.25. The van der Waals surface area contributed by atoms with E-state index in [0.29, 0.717) is 29.1 Å². The van der Waals surface area contributed by atoms with Crippen molar-refractivity contribution in [3.8, 4) is 0 Å². The van der Waals surface area contributed by atoms with Crippen LogP contribution in [0.4, 0.5) is 0 Å². The first-order valence-electron chi connectivity index (χ1n) is 7.91. The lowest BCUT2D eigenvalue weighted by molar-refractivity contribution is 0.106. The number of aliphatic imine (C=N–C) groups is 1. The monoisotopic (exact) mass is 362 g/mol. The molecule has 3 rings (SSSR count). The minimum Gasteiger partial charge on any atom is -0.386 e. The third-order valence-electron chi connectivity index (χ3n) is 4.27. The van der Waals surface area contributed by atoms with Crippen LogP contribution in [-0.4, -0.2) is 19.0 Å². The van der Waals surface area contributed by atoms with Crippen LogP contribution in [0, 0.1) is 0 Å². The van der Waals surface area contributed by atoms with E-state index < -0.39 is 5.54 Å². The lowest BCUT2D eigenvalue weighted by atomic mass is 9.90. The molecule has 0 radical (unpaired) electrons. The van der Waals surface area contributed by atoms with Gasteiger partial charge in [0.05, 0.1) is 6.61 Å². The Hall–Kier alpha value is -1.55. The van der Waals surface area contributed by atoms with Gasteiger partial charge in [0.1, 0.15) is 18.0 Å². The van der Waals surface area contributed by atoms with Gasteiger partial charge in [-0.25, -0.2) is 0 Å². The average Bonchev–Trinajstić information content (AvgIpc) is 2.54. The highest BCUT2D eigenvalue weighted by Gasteiger charge is 2.29. The van der Waals surface area contributed by atoms with Crippen LogP contribution < -0.4 is 5.73 Å². The van der Waals surface area contributed by atoms with E-state index in [1.165, 1.54) is 5.56 Å². The summed E-state index contributed by atoms with van der Waals surface area (Å²) in [6.07, 6.45) is 1.75. The van der Waals surface area contributed by atoms with Crippen LogP contribution in [0.25, 0.3) is 0 Å².